The Bertz CT molecular complexity index is 557. The Morgan fingerprint density at radius 3 is 2.80 bits per heavy atom. The number of pyridine rings is 2. The summed E-state index contributed by atoms with van der Waals surface area (Å²) in [7, 11) is 1.66. The molecule has 20 heavy (non-hydrogen) atoms. The zero-order valence-corrected chi connectivity index (χ0v) is 12.3. The van der Waals surface area contributed by atoms with E-state index in [1.807, 2.05) is 24.7 Å². The number of ether oxygens (including phenoxy) is 1. The van der Waals surface area contributed by atoms with Gasteiger partial charge < -0.3 is 10.1 Å². The van der Waals surface area contributed by atoms with Crippen molar-refractivity contribution < 1.29 is 4.74 Å². The van der Waals surface area contributed by atoms with Crippen molar-refractivity contribution in [2.24, 2.45) is 0 Å². The van der Waals surface area contributed by atoms with Gasteiger partial charge in [0.2, 0.25) is 0 Å². The van der Waals surface area contributed by atoms with Gasteiger partial charge in [0.25, 0.3) is 0 Å². The molecular formula is C16H21N3O. The maximum Gasteiger partial charge on any atom is 0.137 e. The maximum atomic E-state index is 5.27. The zero-order chi connectivity index (χ0) is 14.4. The Labute approximate surface area is 120 Å². The first-order valence-corrected chi connectivity index (χ1v) is 6.89. The van der Waals surface area contributed by atoms with Crippen molar-refractivity contribution in [3.63, 3.8) is 0 Å². The van der Waals surface area contributed by atoms with Gasteiger partial charge in [0, 0.05) is 18.6 Å². The molecule has 2 aromatic heterocycles. The first-order chi connectivity index (χ1) is 9.76. The van der Waals surface area contributed by atoms with Gasteiger partial charge in [0.05, 0.1) is 19.3 Å². The molecule has 0 spiro atoms. The number of aromatic nitrogens is 2. The fourth-order valence-corrected chi connectivity index (χ4v) is 2.21. The highest BCUT2D eigenvalue weighted by molar-refractivity contribution is 5.36. The highest BCUT2D eigenvalue weighted by Crippen LogP contribution is 2.26. The number of methoxy groups -OCH3 is 1. The Balaban J connectivity index is 2.38. The number of hydrogen-bond donors (Lipinski definition) is 1. The van der Waals surface area contributed by atoms with E-state index in [1.54, 1.807) is 13.3 Å². The van der Waals surface area contributed by atoms with Crippen LogP contribution in [0.15, 0.2) is 36.9 Å². The second-order valence-electron chi connectivity index (χ2n) is 4.78. The number of rotatable bonds is 6. The van der Waals surface area contributed by atoms with Gasteiger partial charge in [0.15, 0.2) is 0 Å². The lowest BCUT2D eigenvalue weighted by atomic mass is 9.97. The Morgan fingerprint density at radius 1 is 1.25 bits per heavy atom. The number of nitrogens with one attached hydrogen (secondary N) is 1. The van der Waals surface area contributed by atoms with Crippen LogP contribution in [0.2, 0.25) is 0 Å². The van der Waals surface area contributed by atoms with Crippen LogP contribution in [0.3, 0.4) is 0 Å². The molecule has 106 valence electrons. The van der Waals surface area contributed by atoms with Gasteiger partial charge >= 0.3 is 0 Å². The largest absolute Gasteiger partial charge is 0.495 e. The predicted molar refractivity (Wildman–Crippen MR) is 79.9 cm³/mol. The summed E-state index contributed by atoms with van der Waals surface area (Å²) in [4.78, 5) is 8.43. The monoisotopic (exact) mass is 271 g/mol. The van der Waals surface area contributed by atoms with Crippen LogP contribution in [-0.4, -0.2) is 23.6 Å². The summed E-state index contributed by atoms with van der Waals surface area (Å²) in [6.45, 7) is 5.19. The lowest BCUT2D eigenvalue weighted by molar-refractivity contribution is 0.411. The molecule has 0 aromatic carbocycles. The van der Waals surface area contributed by atoms with E-state index in [4.69, 9.17) is 4.74 Å². The van der Waals surface area contributed by atoms with Crippen LogP contribution in [0.4, 0.5) is 0 Å². The smallest absolute Gasteiger partial charge is 0.137 e. The average molecular weight is 271 g/mol. The molecule has 0 aliphatic rings. The molecule has 4 nitrogen and oxygen atoms in total. The molecule has 4 heteroatoms. The molecule has 1 N–H and O–H groups in total. The van der Waals surface area contributed by atoms with Crippen molar-refractivity contribution in [3.8, 4) is 5.75 Å². The minimum Gasteiger partial charge on any atom is -0.495 e. The van der Waals surface area contributed by atoms with E-state index < -0.39 is 0 Å². The van der Waals surface area contributed by atoms with Gasteiger partial charge in [0.1, 0.15) is 5.75 Å². The summed E-state index contributed by atoms with van der Waals surface area (Å²) in [5.74, 6) is 0.775. The topological polar surface area (TPSA) is 47.0 Å². The van der Waals surface area contributed by atoms with Crippen molar-refractivity contribution in [1.82, 2.24) is 15.3 Å². The van der Waals surface area contributed by atoms with Gasteiger partial charge in [-0.15, -0.1) is 0 Å². The van der Waals surface area contributed by atoms with E-state index in [9.17, 15) is 0 Å². The van der Waals surface area contributed by atoms with E-state index in [2.05, 4.69) is 35.2 Å². The van der Waals surface area contributed by atoms with Crippen LogP contribution in [0.25, 0.3) is 0 Å². The lowest BCUT2D eigenvalue weighted by Crippen LogP contribution is -2.24. The Hall–Kier alpha value is -1.94. The molecule has 1 atom stereocenters. The maximum absolute atomic E-state index is 5.27. The predicted octanol–water partition coefficient (Wildman–Crippen LogP) is 2.88. The van der Waals surface area contributed by atoms with Gasteiger partial charge in [-0.2, -0.15) is 0 Å². The highest BCUT2D eigenvalue weighted by atomic mass is 16.5. The minimum absolute atomic E-state index is 0.112. The van der Waals surface area contributed by atoms with Crippen LogP contribution in [0, 0.1) is 6.92 Å². The Morgan fingerprint density at radius 2 is 2.10 bits per heavy atom. The van der Waals surface area contributed by atoms with Crippen molar-refractivity contribution in [2.75, 3.05) is 13.7 Å². The molecule has 0 fully saturated rings. The second kappa shape index (κ2) is 7.01. The normalized spacial score (nSPS) is 12.2. The molecule has 0 amide bonds. The fraction of sp³-hybridized carbons (Fsp3) is 0.375. The molecule has 2 rings (SSSR count). The van der Waals surface area contributed by atoms with E-state index >= 15 is 0 Å². The molecule has 2 heterocycles. The number of aryl methyl sites for hydroxylation is 1. The van der Waals surface area contributed by atoms with Gasteiger partial charge in [-0.3, -0.25) is 9.97 Å². The van der Waals surface area contributed by atoms with Gasteiger partial charge in [-0.25, -0.2) is 0 Å². The SMILES string of the molecule is CCCNC(c1cncc(OC)c1)c1ccncc1C. The van der Waals surface area contributed by atoms with Crippen molar-refractivity contribution >= 4 is 0 Å². The average Bonchev–Trinajstić information content (AvgIpc) is 2.49. The first kappa shape index (κ1) is 14.5. The van der Waals surface area contributed by atoms with Crippen LogP contribution in [0.5, 0.6) is 5.75 Å². The van der Waals surface area contributed by atoms with Crippen molar-refractivity contribution in [3.05, 3.63) is 53.6 Å². The van der Waals surface area contributed by atoms with E-state index in [0.717, 1.165) is 24.3 Å². The summed E-state index contributed by atoms with van der Waals surface area (Å²) in [5, 5.41) is 3.57. The van der Waals surface area contributed by atoms with Gasteiger partial charge in [-0.1, -0.05) is 6.92 Å². The van der Waals surface area contributed by atoms with Crippen LogP contribution >= 0.6 is 0 Å². The Kier molecular flexibility index (Phi) is 5.07. The summed E-state index contributed by atoms with van der Waals surface area (Å²) in [6, 6.07) is 4.20. The fourth-order valence-electron chi connectivity index (χ4n) is 2.21. The summed E-state index contributed by atoms with van der Waals surface area (Å²) in [6.07, 6.45) is 8.41. The molecule has 0 radical (unpaired) electrons. The van der Waals surface area contributed by atoms with E-state index in [1.165, 1.54) is 11.1 Å². The van der Waals surface area contributed by atoms with Crippen molar-refractivity contribution in [1.29, 1.82) is 0 Å². The highest BCUT2D eigenvalue weighted by Gasteiger charge is 2.16. The van der Waals surface area contributed by atoms with Crippen molar-refractivity contribution in [2.45, 2.75) is 26.3 Å². The molecule has 0 saturated heterocycles. The quantitative estimate of drug-likeness (QED) is 0.877. The molecule has 0 aliphatic carbocycles. The molecule has 0 bridgehead atoms. The third-order valence-corrected chi connectivity index (χ3v) is 3.28. The summed E-state index contributed by atoms with van der Waals surface area (Å²) >= 11 is 0. The second-order valence-corrected chi connectivity index (χ2v) is 4.78. The van der Waals surface area contributed by atoms with E-state index in [-0.39, 0.29) is 6.04 Å². The standard InChI is InChI=1S/C16H21N3O/c1-4-6-19-16(15-5-7-17-9-12(15)2)13-8-14(20-3)11-18-10-13/h5,7-11,16,19H,4,6H2,1-3H3. The number of nitrogens with zero attached hydrogens (tertiary/aromatic N) is 2. The first-order valence-electron chi connectivity index (χ1n) is 6.89. The third-order valence-electron chi connectivity index (χ3n) is 3.28. The van der Waals surface area contributed by atoms with Crippen LogP contribution in [-0.2, 0) is 0 Å². The molecular weight excluding hydrogens is 250 g/mol. The van der Waals surface area contributed by atoms with E-state index in [0.29, 0.717) is 0 Å². The summed E-state index contributed by atoms with van der Waals surface area (Å²) in [5.41, 5.74) is 3.50. The molecule has 1 unspecified atom stereocenters. The van der Waals surface area contributed by atoms with Gasteiger partial charge in [-0.05, 0) is 48.7 Å². The third kappa shape index (κ3) is 3.33. The number of hydrogen-bond acceptors (Lipinski definition) is 4. The zero-order valence-electron chi connectivity index (χ0n) is 12.3. The summed E-state index contributed by atoms with van der Waals surface area (Å²) < 4.78 is 5.27. The minimum atomic E-state index is 0.112. The molecule has 0 aliphatic heterocycles. The molecule has 2 aromatic rings. The van der Waals surface area contributed by atoms with Crippen LogP contribution in [0.1, 0.15) is 36.1 Å². The van der Waals surface area contributed by atoms with Crippen LogP contribution < -0.4 is 10.1 Å². The lowest BCUT2D eigenvalue weighted by Gasteiger charge is -2.21. The molecule has 0 saturated carbocycles.